The van der Waals surface area contributed by atoms with Crippen LogP contribution in [0.3, 0.4) is 0 Å². The van der Waals surface area contributed by atoms with Crippen LogP contribution in [0, 0.1) is 13.8 Å². The Labute approximate surface area is 154 Å². The number of thiocarbonyl (C=S) groups is 1. The van der Waals surface area contributed by atoms with Gasteiger partial charge < -0.3 is 10.6 Å². The minimum Gasteiger partial charge on any atom is -0.352 e. The maximum atomic E-state index is 5.55. The number of anilines is 1. The molecule has 0 aliphatic rings. The Kier molecular flexibility index (Phi) is 5.41. The van der Waals surface area contributed by atoms with E-state index < -0.39 is 0 Å². The van der Waals surface area contributed by atoms with Crippen molar-refractivity contribution in [2.45, 2.75) is 19.9 Å². The molecule has 3 nitrogen and oxygen atoms in total. The number of aromatic nitrogens is 1. The molecule has 1 aromatic heterocycles. The van der Waals surface area contributed by atoms with Gasteiger partial charge in [-0.2, -0.15) is 0 Å². The Morgan fingerprint density at radius 2 is 1.56 bits per heavy atom. The lowest BCUT2D eigenvalue weighted by Gasteiger charge is -2.22. The molecule has 0 aliphatic heterocycles. The molecule has 1 atom stereocenters. The van der Waals surface area contributed by atoms with Crippen LogP contribution >= 0.6 is 12.2 Å². The first-order valence-electron chi connectivity index (χ1n) is 8.23. The Hall–Kier alpha value is -2.72. The van der Waals surface area contributed by atoms with Crippen LogP contribution in [0.2, 0.25) is 0 Å². The summed E-state index contributed by atoms with van der Waals surface area (Å²) in [5, 5.41) is 7.30. The smallest absolute Gasteiger partial charge is 0.171 e. The van der Waals surface area contributed by atoms with E-state index in [2.05, 4.69) is 53.7 Å². The SMILES string of the molecule is Cc1ccc(NC(=S)N[C@H](c2ccccc2)c2ccncc2)cc1C. The first-order valence-corrected chi connectivity index (χ1v) is 8.64. The zero-order chi connectivity index (χ0) is 17.6. The van der Waals surface area contributed by atoms with Crippen LogP contribution in [0.25, 0.3) is 0 Å². The summed E-state index contributed by atoms with van der Waals surface area (Å²) in [4.78, 5) is 4.11. The average molecular weight is 347 g/mol. The van der Waals surface area contributed by atoms with Gasteiger partial charge in [-0.05, 0) is 72.6 Å². The maximum Gasteiger partial charge on any atom is 0.171 e. The average Bonchev–Trinajstić information content (AvgIpc) is 2.64. The van der Waals surface area contributed by atoms with Crippen LogP contribution in [-0.4, -0.2) is 10.1 Å². The third-order valence-corrected chi connectivity index (χ3v) is 4.43. The lowest BCUT2D eigenvalue weighted by atomic mass is 10.00. The number of rotatable bonds is 4. The van der Waals surface area contributed by atoms with Gasteiger partial charge in [-0.1, -0.05) is 36.4 Å². The summed E-state index contributed by atoms with van der Waals surface area (Å²) in [6, 6.07) is 20.5. The molecular weight excluding hydrogens is 326 g/mol. The van der Waals surface area contributed by atoms with Crippen LogP contribution in [0.1, 0.15) is 28.3 Å². The second kappa shape index (κ2) is 7.90. The van der Waals surface area contributed by atoms with Gasteiger partial charge in [0.15, 0.2) is 5.11 Å². The fourth-order valence-electron chi connectivity index (χ4n) is 2.68. The van der Waals surface area contributed by atoms with Crippen LogP contribution in [-0.2, 0) is 0 Å². The van der Waals surface area contributed by atoms with E-state index in [0.29, 0.717) is 5.11 Å². The van der Waals surface area contributed by atoms with E-state index in [1.807, 2.05) is 36.4 Å². The summed E-state index contributed by atoms with van der Waals surface area (Å²) < 4.78 is 0. The lowest BCUT2D eigenvalue weighted by Crippen LogP contribution is -2.33. The molecule has 0 amide bonds. The van der Waals surface area contributed by atoms with Crippen LogP contribution in [0.5, 0.6) is 0 Å². The molecule has 0 unspecified atom stereocenters. The molecule has 0 fully saturated rings. The molecule has 25 heavy (non-hydrogen) atoms. The fraction of sp³-hybridized carbons (Fsp3) is 0.143. The van der Waals surface area contributed by atoms with Crippen molar-refractivity contribution in [3.8, 4) is 0 Å². The number of pyridine rings is 1. The first kappa shape index (κ1) is 17.1. The van der Waals surface area contributed by atoms with E-state index in [1.165, 1.54) is 11.1 Å². The molecule has 4 heteroatoms. The number of hydrogen-bond acceptors (Lipinski definition) is 2. The monoisotopic (exact) mass is 347 g/mol. The zero-order valence-electron chi connectivity index (χ0n) is 14.4. The van der Waals surface area contributed by atoms with Gasteiger partial charge in [0.1, 0.15) is 0 Å². The normalized spacial score (nSPS) is 11.6. The quantitative estimate of drug-likeness (QED) is 0.666. The maximum absolute atomic E-state index is 5.55. The van der Waals surface area contributed by atoms with E-state index in [-0.39, 0.29) is 6.04 Å². The predicted molar refractivity (Wildman–Crippen MR) is 108 cm³/mol. The van der Waals surface area contributed by atoms with E-state index in [9.17, 15) is 0 Å². The number of benzene rings is 2. The van der Waals surface area contributed by atoms with Gasteiger partial charge in [0.2, 0.25) is 0 Å². The van der Waals surface area contributed by atoms with E-state index in [1.54, 1.807) is 12.4 Å². The highest BCUT2D eigenvalue weighted by Crippen LogP contribution is 2.22. The third-order valence-electron chi connectivity index (χ3n) is 4.21. The molecule has 2 aromatic carbocycles. The Balaban J connectivity index is 1.80. The lowest BCUT2D eigenvalue weighted by molar-refractivity contribution is 0.767. The molecule has 3 aromatic rings. The number of aryl methyl sites for hydroxylation is 2. The summed E-state index contributed by atoms with van der Waals surface area (Å²) in [5.41, 5.74) is 5.76. The predicted octanol–water partition coefficient (Wildman–Crippen LogP) is 4.77. The summed E-state index contributed by atoms with van der Waals surface area (Å²) in [7, 11) is 0. The van der Waals surface area contributed by atoms with Crippen LogP contribution in [0.15, 0.2) is 73.1 Å². The van der Waals surface area contributed by atoms with Gasteiger partial charge in [0, 0.05) is 18.1 Å². The van der Waals surface area contributed by atoms with E-state index in [4.69, 9.17) is 12.2 Å². The zero-order valence-corrected chi connectivity index (χ0v) is 15.2. The molecule has 0 saturated carbocycles. The number of hydrogen-bond donors (Lipinski definition) is 2. The highest BCUT2D eigenvalue weighted by Gasteiger charge is 2.15. The van der Waals surface area contributed by atoms with Gasteiger partial charge in [0.25, 0.3) is 0 Å². The van der Waals surface area contributed by atoms with Gasteiger partial charge in [-0.3, -0.25) is 4.98 Å². The van der Waals surface area contributed by atoms with Gasteiger partial charge in [-0.25, -0.2) is 0 Å². The highest BCUT2D eigenvalue weighted by atomic mass is 32.1. The van der Waals surface area contributed by atoms with Gasteiger partial charge in [-0.15, -0.1) is 0 Å². The third kappa shape index (κ3) is 4.43. The molecule has 1 heterocycles. The standard InChI is InChI=1S/C21H21N3S/c1-15-8-9-19(14-16(15)2)23-21(25)24-20(17-6-4-3-5-7-17)18-10-12-22-13-11-18/h3-14,20H,1-2H3,(H2,23,24,25)/t20-/m1/s1. The van der Waals surface area contributed by atoms with Crippen molar-refractivity contribution in [2.24, 2.45) is 0 Å². The number of nitrogens with one attached hydrogen (secondary N) is 2. The fourth-order valence-corrected chi connectivity index (χ4v) is 2.91. The second-order valence-electron chi connectivity index (χ2n) is 6.02. The van der Waals surface area contributed by atoms with Crippen molar-refractivity contribution in [3.05, 3.63) is 95.3 Å². The Morgan fingerprint density at radius 3 is 2.24 bits per heavy atom. The minimum atomic E-state index is -0.0317. The van der Waals surface area contributed by atoms with Crippen molar-refractivity contribution >= 4 is 23.0 Å². The molecule has 0 bridgehead atoms. The summed E-state index contributed by atoms with van der Waals surface area (Å²) >= 11 is 5.55. The molecule has 0 radical (unpaired) electrons. The Bertz CT molecular complexity index is 808. The van der Waals surface area contributed by atoms with Gasteiger partial charge >= 0.3 is 0 Å². The first-order chi connectivity index (χ1) is 12.1. The van der Waals surface area contributed by atoms with E-state index >= 15 is 0 Å². The van der Waals surface area contributed by atoms with E-state index in [0.717, 1.165) is 16.8 Å². The largest absolute Gasteiger partial charge is 0.352 e. The molecule has 3 rings (SSSR count). The molecule has 0 saturated heterocycles. The summed E-state index contributed by atoms with van der Waals surface area (Å²) in [6.45, 7) is 4.20. The molecule has 126 valence electrons. The van der Waals surface area contributed by atoms with Crippen molar-refractivity contribution in [1.82, 2.24) is 10.3 Å². The van der Waals surface area contributed by atoms with Crippen LogP contribution < -0.4 is 10.6 Å². The molecule has 0 aliphatic carbocycles. The minimum absolute atomic E-state index is 0.0317. The number of nitrogens with zero attached hydrogens (tertiary/aromatic N) is 1. The van der Waals surface area contributed by atoms with Crippen molar-refractivity contribution in [2.75, 3.05) is 5.32 Å². The van der Waals surface area contributed by atoms with Crippen LogP contribution in [0.4, 0.5) is 5.69 Å². The van der Waals surface area contributed by atoms with Crippen molar-refractivity contribution < 1.29 is 0 Å². The van der Waals surface area contributed by atoms with Gasteiger partial charge in [0.05, 0.1) is 6.04 Å². The Morgan fingerprint density at radius 1 is 0.880 bits per heavy atom. The molecular formula is C21H21N3S. The summed E-state index contributed by atoms with van der Waals surface area (Å²) in [6.07, 6.45) is 3.60. The van der Waals surface area contributed by atoms with Crippen molar-refractivity contribution in [3.63, 3.8) is 0 Å². The molecule has 2 N–H and O–H groups in total. The van der Waals surface area contributed by atoms with Crippen molar-refractivity contribution in [1.29, 1.82) is 0 Å². The molecule has 0 spiro atoms. The second-order valence-corrected chi connectivity index (χ2v) is 6.43. The topological polar surface area (TPSA) is 37.0 Å². The summed E-state index contributed by atoms with van der Waals surface area (Å²) in [5.74, 6) is 0. The highest BCUT2D eigenvalue weighted by molar-refractivity contribution is 7.80.